The van der Waals surface area contributed by atoms with E-state index in [1.54, 1.807) is 5.56 Å². The second-order valence-corrected chi connectivity index (χ2v) is 10.4. The maximum atomic E-state index is 11.1. The normalized spacial score (nSPS) is 24.2. The van der Waals surface area contributed by atoms with Gasteiger partial charge in [-0.15, -0.1) is 12.4 Å². The molecule has 3 rings (SSSR count). The summed E-state index contributed by atoms with van der Waals surface area (Å²) in [5, 5.41) is 0. The smallest absolute Gasteiger partial charge is 0.217 e. The van der Waals surface area contributed by atoms with E-state index in [0.29, 0.717) is 23.8 Å². The Bertz CT molecular complexity index is 671. The molecular weight excluding hydrogens is 394 g/mol. The van der Waals surface area contributed by atoms with Crippen LogP contribution < -0.4 is 10.6 Å². The molecule has 1 aromatic rings. The van der Waals surface area contributed by atoms with Crippen LogP contribution in [0.15, 0.2) is 24.3 Å². The lowest BCUT2D eigenvalue weighted by Gasteiger charge is -2.41. The SMILES string of the molecule is CC(CCC(N)=O)N1CCN(c2ccccc2C2CCC(C(C)(C)C)CC2)CC1.Cl. The average Bonchev–Trinajstić information content (AvgIpc) is 2.71. The number of nitrogens with zero attached hydrogens (tertiary/aromatic N) is 2. The molecule has 170 valence electrons. The first-order valence-electron chi connectivity index (χ1n) is 11.6. The minimum Gasteiger partial charge on any atom is -0.370 e. The van der Waals surface area contributed by atoms with Crippen LogP contribution in [0.5, 0.6) is 0 Å². The zero-order valence-corrected chi connectivity index (χ0v) is 20.2. The first kappa shape index (κ1) is 25.0. The van der Waals surface area contributed by atoms with Crippen LogP contribution in [0.1, 0.15) is 77.7 Å². The molecule has 1 atom stereocenters. The zero-order chi connectivity index (χ0) is 21.0. The highest BCUT2D eigenvalue weighted by atomic mass is 35.5. The van der Waals surface area contributed by atoms with Crippen LogP contribution in [0.4, 0.5) is 5.69 Å². The number of amides is 1. The summed E-state index contributed by atoms with van der Waals surface area (Å²) < 4.78 is 0. The summed E-state index contributed by atoms with van der Waals surface area (Å²) in [5.74, 6) is 1.37. The van der Waals surface area contributed by atoms with Gasteiger partial charge < -0.3 is 10.6 Å². The molecule has 0 bridgehead atoms. The number of nitrogens with two attached hydrogens (primary N) is 1. The molecule has 1 aliphatic carbocycles. The third kappa shape index (κ3) is 6.37. The van der Waals surface area contributed by atoms with Crippen LogP contribution in [0, 0.1) is 11.3 Å². The topological polar surface area (TPSA) is 49.6 Å². The lowest BCUT2D eigenvalue weighted by atomic mass is 9.68. The molecule has 2 N–H and O–H groups in total. The molecule has 0 radical (unpaired) electrons. The van der Waals surface area contributed by atoms with Crippen LogP contribution in [0.25, 0.3) is 0 Å². The third-order valence-electron chi connectivity index (χ3n) is 7.42. The van der Waals surface area contributed by atoms with Gasteiger partial charge >= 0.3 is 0 Å². The Labute approximate surface area is 190 Å². The van der Waals surface area contributed by atoms with Gasteiger partial charge in [0.2, 0.25) is 5.91 Å². The highest BCUT2D eigenvalue weighted by Crippen LogP contribution is 2.45. The number of hydrogen-bond acceptors (Lipinski definition) is 3. The van der Waals surface area contributed by atoms with Crippen molar-refractivity contribution in [2.75, 3.05) is 31.1 Å². The predicted octanol–water partition coefficient (Wildman–Crippen LogP) is 5.20. The number of rotatable bonds is 6. The Balaban J connectivity index is 0.00000320. The second kappa shape index (κ2) is 10.9. The molecule has 0 aromatic heterocycles. The maximum Gasteiger partial charge on any atom is 0.217 e. The van der Waals surface area contributed by atoms with Gasteiger partial charge in [0, 0.05) is 44.3 Å². The number of hydrogen-bond donors (Lipinski definition) is 1. The van der Waals surface area contributed by atoms with E-state index in [4.69, 9.17) is 5.73 Å². The van der Waals surface area contributed by atoms with Crippen molar-refractivity contribution in [3.05, 3.63) is 29.8 Å². The van der Waals surface area contributed by atoms with Crippen molar-refractivity contribution in [3.8, 4) is 0 Å². The van der Waals surface area contributed by atoms with Crippen LogP contribution in [0.3, 0.4) is 0 Å². The number of benzene rings is 1. The largest absolute Gasteiger partial charge is 0.370 e. The summed E-state index contributed by atoms with van der Waals surface area (Å²) in [6, 6.07) is 9.54. The molecule has 30 heavy (non-hydrogen) atoms. The minimum atomic E-state index is -0.189. The van der Waals surface area contributed by atoms with Crippen LogP contribution in [-0.2, 0) is 4.79 Å². The van der Waals surface area contributed by atoms with Gasteiger partial charge in [-0.05, 0) is 67.9 Å². The molecule has 2 aliphatic rings. The van der Waals surface area contributed by atoms with Crippen LogP contribution in [-0.4, -0.2) is 43.0 Å². The molecule has 5 heteroatoms. The number of halogens is 1. The Hall–Kier alpha value is -1.26. The van der Waals surface area contributed by atoms with E-state index >= 15 is 0 Å². The van der Waals surface area contributed by atoms with Gasteiger partial charge in [-0.3, -0.25) is 9.69 Å². The van der Waals surface area contributed by atoms with Gasteiger partial charge in [0.25, 0.3) is 0 Å². The van der Waals surface area contributed by atoms with Crippen molar-refractivity contribution in [3.63, 3.8) is 0 Å². The molecule has 1 saturated carbocycles. The number of anilines is 1. The van der Waals surface area contributed by atoms with E-state index in [0.717, 1.165) is 38.5 Å². The molecule has 2 fully saturated rings. The first-order valence-corrected chi connectivity index (χ1v) is 11.6. The summed E-state index contributed by atoms with van der Waals surface area (Å²) in [6.07, 6.45) is 6.71. The predicted molar refractivity (Wildman–Crippen MR) is 130 cm³/mol. The lowest BCUT2D eigenvalue weighted by Crippen LogP contribution is -2.50. The van der Waals surface area contributed by atoms with E-state index in [-0.39, 0.29) is 18.3 Å². The molecule has 1 heterocycles. The van der Waals surface area contributed by atoms with Crippen molar-refractivity contribution < 1.29 is 4.79 Å². The van der Waals surface area contributed by atoms with E-state index in [1.165, 1.54) is 31.4 Å². The summed E-state index contributed by atoms with van der Waals surface area (Å²) in [6.45, 7) is 13.7. The van der Waals surface area contributed by atoms with Gasteiger partial charge in [-0.25, -0.2) is 0 Å². The Kier molecular flexibility index (Phi) is 9.05. The minimum absolute atomic E-state index is 0. The highest BCUT2D eigenvalue weighted by Gasteiger charge is 2.32. The van der Waals surface area contributed by atoms with E-state index in [9.17, 15) is 4.79 Å². The summed E-state index contributed by atoms with van der Waals surface area (Å²) in [4.78, 5) is 16.2. The molecule has 0 spiro atoms. The van der Waals surface area contributed by atoms with Gasteiger partial charge in [-0.2, -0.15) is 0 Å². The molecule has 4 nitrogen and oxygen atoms in total. The van der Waals surface area contributed by atoms with Gasteiger partial charge in [-0.1, -0.05) is 39.0 Å². The summed E-state index contributed by atoms with van der Waals surface area (Å²) >= 11 is 0. The monoisotopic (exact) mass is 435 g/mol. The molecule has 1 aromatic carbocycles. The van der Waals surface area contributed by atoms with E-state index in [2.05, 4.69) is 61.8 Å². The molecule has 1 aliphatic heterocycles. The second-order valence-electron chi connectivity index (χ2n) is 10.4. The number of carbonyl (C=O) groups is 1. The van der Waals surface area contributed by atoms with E-state index in [1.807, 2.05) is 0 Å². The summed E-state index contributed by atoms with van der Waals surface area (Å²) in [7, 11) is 0. The fourth-order valence-corrected chi connectivity index (χ4v) is 5.33. The van der Waals surface area contributed by atoms with Gasteiger partial charge in [0.15, 0.2) is 0 Å². The van der Waals surface area contributed by atoms with Crippen molar-refractivity contribution in [2.45, 2.75) is 78.2 Å². The fourth-order valence-electron chi connectivity index (χ4n) is 5.33. The van der Waals surface area contributed by atoms with Gasteiger partial charge in [0.1, 0.15) is 0 Å². The molecular formula is C25H42ClN3O. The quantitative estimate of drug-likeness (QED) is 0.667. The van der Waals surface area contributed by atoms with Crippen molar-refractivity contribution in [1.82, 2.24) is 4.90 Å². The Morgan fingerprint density at radius 1 is 1.07 bits per heavy atom. The zero-order valence-electron chi connectivity index (χ0n) is 19.4. The van der Waals surface area contributed by atoms with E-state index < -0.39 is 0 Å². The third-order valence-corrected chi connectivity index (χ3v) is 7.42. The Morgan fingerprint density at radius 2 is 1.67 bits per heavy atom. The van der Waals surface area contributed by atoms with Crippen molar-refractivity contribution in [2.24, 2.45) is 17.1 Å². The first-order chi connectivity index (χ1) is 13.8. The average molecular weight is 436 g/mol. The van der Waals surface area contributed by atoms with Crippen LogP contribution in [0.2, 0.25) is 0 Å². The van der Waals surface area contributed by atoms with Crippen LogP contribution >= 0.6 is 12.4 Å². The number of primary amides is 1. The molecule has 1 amide bonds. The van der Waals surface area contributed by atoms with Crippen molar-refractivity contribution >= 4 is 24.0 Å². The maximum absolute atomic E-state index is 11.1. The lowest BCUT2D eigenvalue weighted by molar-refractivity contribution is -0.118. The highest BCUT2D eigenvalue weighted by molar-refractivity contribution is 5.85. The Morgan fingerprint density at radius 3 is 2.23 bits per heavy atom. The standard InChI is InChI=1S/C25H41N3O.ClH/c1-19(9-14-24(26)29)27-15-17-28(18-16-27)23-8-6-5-7-22(23)20-10-12-21(13-11-20)25(2,3)4;/h5-8,19-21H,9-18H2,1-4H3,(H2,26,29);1H. The number of carbonyl (C=O) groups excluding carboxylic acids is 1. The number of para-hydroxylation sites is 1. The summed E-state index contributed by atoms with van der Waals surface area (Å²) in [5.41, 5.74) is 8.78. The molecule has 1 unspecified atom stereocenters. The fraction of sp³-hybridized carbons (Fsp3) is 0.720. The van der Waals surface area contributed by atoms with Gasteiger partial charge in [0.05, 0.1) is 0 Å². The molecule has 1 saturated heterocycles. The van der Waals surface area contributed by atoms with Crippen molar-refractivity contribution in [1.29, 1.82) is 0 Å². The number of piperazine rings is 1.